The van der Waals surface area contributed by atoms with Crippen molar-refractivity contribution in [2.24, 2.45) is 7.05 Å². The van der Waals surface area contributed by atoms with E-state index in [1.54, 1.807) is 4.68 Å². The number of hydrogen-bond acceptors (Lipinski definition) is 4. The first-order chi connectivity index (χ1) is 11.7. The Labute approximate surface area is 138 Å². The summed E-state index contributed by atoms with van der Waals surface area (Å²) in [5, 5.41) is 14.0. The second-order valence-electron chi connectivity index (χ2n) is 6.48. The van der Waals surface area contributed by atoms with E-state index in [2.05, 4.69) is 21.4 Å². The number of benzene rings is 1. The minimum atomic E-state index is 0.666. The van der Waals surface area contributed by atoms with Crippen LogP contribution in [0.15, 0.2) is 24.5 Å². The lowest BCUT2D eigenvalue weighted by Crippen LogP contribution is -2.08. The summed E-state index contributed by atoms with van der Waals surface area (Å²) in [5.41, 5.74) is 12.9. The SMILES string of the molecule is Cn1ncc(-c2nc3ccc4[nH]ncc4c3c3c2CCCC3)c1N. The zero-order valence-electron chi connectivity index (χ0n) is 13.5. The van der Waals surface area contributed by atoms with Gasteiger partial charge >= 0.3 is 0 Å². The average molecular weight is 318 g/mol. The molecule has 0 radical (unpaired) electrons. The Bertz CT molecular complexity index is 1090. The molecule has 5 rings (SSSR count). The maximum Gasteiger partial charge on any atom is 0.130 e. The Kier molecular flexibility index (Phi) is 2.71. The van der Waals surface area contributed by atoms with Gasteiger partial charge in [0, 0.05) is 17.8 Å². The van der Waals surface area contributed by atoms with Gasteiger partial charge in [-0.05, 0) is 48.9 Å². The molecule has 6 nitrogen and oxygen atoms in total. The number of aromatic amines is 1. The zero-order chi connectivity index (χ0) is 16.3. The van der Waals surface area contributed by atoms with E-state index in [9.17, 15) is 0 Å². The predicted molar refractivity (Wildman–Crippen MR) is 94.7 cm³/mol. The fourth-order valence-corrected chi connectivity index (χ4v) is 3.90. The minimum Gasteiger partial charge on any atom is -0.383 e. The summed E-state index contributed by atoms with van der Waals surface area (Å²) in [4.78, 5) is 4.99. The Balaban J connectivity index is 1.92. The van der Waals surface area contributed by atoms with Crippen molar-refractivity contribution in [1.29, 1.82) is 0 Å². The number of nitrogen functional groups attached to an aromatic ring is 1. The molecule has 1 aromatic carbocycles. The molecule has 0 unspecified atom stereocenters. The van der Waals surface area contributed by atoms with Crippen molar-refractivity contribution >= 4 is 27.6 Å². The van der Waals surface area contributed by atoms with Crippen LogP contribution in [0.1, 0.15) is 24.0 Å². The van der Waals surface area contributed by atoms with E-state index in [0.29, 0.717) is 5.82 Å². The van der Waals surface area contributed by atoms with Gasteiger partial charge in [0.15, 0.2) is 0 Å². The molecule has 0 amide bonds. The first-order valence-electron chi connectivity index (χ1n) is 8.29. The predicted octanol–water partition coefficient (Wildman–Crippen LogP) is 2.97. The molecule has 0 aliphatic heterocycles. The van der Waals surface area contributed by atoms with Crippen LogP contribution in [0.5, 0.6) is 0 Å². The van der Waals surface area contributed by atoms with Gasteiger partial charge in [0.2, 0.25) is 0 Å². The summed E-state index contributed by atoms with van der Waals surface area (Å²) < 4.78 is 1.70. The molecular formula is C18H18N6. The Hall–Kier alpha value is -2.89. The summed E-state index contributed by atoms with van der Waals surface area (Å²) in [6, 6.07) is 4.12. The van der Waals surface area contributed by atoms with Gasteiger partial charge < -0.3 is 5.73 Å². The quantitative estimate of drug-likeness (QED) is 0.565. The van der Waals surface area contributed by atoms with Gasteiger partial charge in [0.1, 0.15) is 5.82 Å². The van der Waals surface area contributed by atoms with Crippen LogP contribution in [0.25, 0.3) is 33.1 Å². The second kappa shape index (κ2) is 4.80. The van der Waals surface area contributed by atoms with Gasteiger partial charge in [-0.3, -0.25) is 9.78 Å². The van der Waals surface area contributed by atoms with Gasteiger partial charge in [0.25, 0.3) is 0 Å². The topological polar surface area (TPSA) is 85.4 Å². The van der Waals surface area contributed by atoms with Crippen LogP contribution in [0.2, 0.25) is 0 Å². The van der Waals surface area contributed by atoms with Crippen LogP contribution < -0.4 is 5.73 Å². The molecule has 6 heteroatoms. The Morgan fingerprint density at radius 2 is 1.96 bits per heavy atom. The van der Waals surface area contributed by atoms with Crippen molar-refractivity contribution in [2.75, 3.05) is 5.73 Å². The lowest BCUT2D eigenvalue weighted by atomic mass is 9.86. The molecule has 0 atom stereocenters. The zero-order valence-corrected chi connectivity index (χ0v) is 13.5. The van der Waals surface area contributed by atoms with E-state index < -0.39 is 0 Å². The number of pyridine rings is 1. The largest absolute Gasteiger partial charge is 0.383 e. The first-order valence-corrected chi connectivity index (χ1v) is 8.29. The molecule has 3 heterocycles. The Morgan fingerprint density at radius 3 is 2.75 bits per heavy atom. The molecule has 0 bridgehead atoms. The lowest BCUT2D eigenvalue weighted by molar-refractivity contribution is 0.689. The average Bonchev–Trinajstić information content (AvgIpc) is 3.21. The number of nitrogens with zero attached hydrogens (tertiary/aromatic N) is 4. The standard InChI is InChI=1S/C18H18N6/c1-24-18(19)13(9-21-24)17-11-5-3-2-4-10(11)16-12-8-20-23-14(12)6-7-15(16)22-17/h6-9H,2-5,19H2,1H3,(H,20,23). The van der Waals surface area contributed by atoms with Crippen LogP contribution in [-0.4, -0.2) is 25.0 Å². The van der Waals surface area contributed by atoms with Gasteiger partial charge in [-0.2, -0.15) is 10.2 Å². The van der Waals surface area contributed by atoms with Crippen molar-refractivity contribution in [2.45, 2.75) is 25.7 Å². The molecule has 3 N–H and O–H groups in total. The first kappa shape index (κ1) is 13.5. The highest BCUT2D eigenvalue weighted by molar-refractivity contribution is 6.07. The van der Waals surface area contributed by atoms with Crippen LogP contribution >= 0.6 is 0 Å². The third-order valence-electron chi connectivity index (χ3n) is 5.13. The van der Waals surface area contributed by atoms with Crippen LogP contribution in [0, 0.1) is 0 Å². The lowest BCUT2D eigenvalue weighted by Gasteiger charge is -2.21. The van der Waals surface area contributed by atoms with Gasteiger partial charge in [-0.1, -0.05) is 0 Å². The van der Waals surface area contributed by atoms with E-state index in [1.165, 1.54) is 29.4 Å². The minimum absolute atomic E-state index is 0.666. The molecule has 24 heavy (non-hydrogen) atoms. The number of anilines is 1. The van der Waals surface area contributed by atoms with Gasteiger partial charge in [-0.25, -0.2) is 4.98 Å². The number of hydrogen-bond donors (Lipinski definition) is 2. The summed E-state index contributed by atoms with van der Waals surface area (Å²) in [6.07, 6.45) is 8.25. The summed E-state index contributed by atoms with van der Waals surface area (Å²) in [5.74, 6) is 0.666. The van der Waals surface area contributed by atoms with Crippen molar-refractivity contribution in [3.05, 3.63) is 35.7 Å². The van der Waals surface area contributed by atoms with E-state index in [0.717, 1.165) is 40.5 Å². The van der Waals surface area contributed by atoms with Crippen molar-refractivity contribution in [3.8, 4) is 11.3 Å². The molecule has 0 spiro atoms. The maximum atomic E-state index is 6.23. The highest BCUT2D eigenvalue weighted by Crippen LogP contribution is 2.38. The van der Waals surface area contributed by atoms with Crippen LogP contribution in [-0.2, 0) is 19.9 Å². The Morgan fingerprint density at radius 1 is 1.12 bits per heavy atom. The summed E-state index contributed by atoms with van der Waals surface area (Å²) in [6.45, 7) is 0. The smallest absolute Gasteiger partial charge is 0.130 e. The van der Waals surface area contributed by atoms with Crippen molar-refractivity contribution in [1.82, 2.24) is 25.0 Å². The molecule has 0 fully saturated rings. The van der Waals surface area contributed by atoms with Crippen LogP contribution in [0.4, 0.5) is 5.82 Å². The van der Waals surface area contributed by atoms with Gasteiger partial charge in [0.05, 0.1) is 34.7 Å². The number of fused-ring (bicyclic) bond motifs is 5. The van der Waals surface area contributed by atoms with Crippen LogP contribution in [0.3, 0.4) is 0 Å². The second-order valence-corrected chi connectivity index (χ2v) is 6.48. The van der Waals surface area contributed by atoms with E-state index in [4.69, 9.17) is 10.7 Å². The molecule has 4 aromatic rings. The number of aromatic nitrogens is 5. The number of H-pyrrole nitrogens is 1. The van der Waals surface area contributed by atoms with E-state index >= 15 is 0 Å². The fraction of sp³-hybridized carbons (Fsp3) is 0.278. The number of aryl methyl sites for hydroxylation is 2. The highest BCUT2D eigenvalue weighted by atomic mass is 15.3. The molecule has 1 aliphatic rings. The molecule has 0 saturated carbocycles. The molecular weight excluding hydrogens is 300 g/mol. The molecule has 3 aromatic heterocycles. The molecule has 1 aliphatic carbocycles. The third-order valence-corrected chi connectivity index (χ3v) is 5.13. The number of nitrogens with two attached hydrogens (primary N) is 1. The highest BCUT2D eigenvalue weighted by Gasteiger charge is 2.23. The van der Waals surface area contributed by atoms with Crippen molar-refractivity contribution < 1.29 is 0 Å². The summed E-state index contributed by atoms with van der Waals surface area (Å²) >= 11 is 0. The third kappa shape index (κ3) is 1.73. The fourth-order valence-electron chi connectivity index (χ4n) is 3.90. The molecule has 120 valence electrons. The monoisotopic (exact) mass is 318 g/mol. The van der Waals surface area contributed by atoms with E-state index in [1.807, 2.05) is 25.5 Å². The van der Waals surface area contributed by atoms with Crippen molar-refractivity contribution in [3.63, 3.8) is 0 Å². The number of nitrogens with one attached hydrogen (secondary N) is 1. The maximum absolute atomic E-state index is 6.23. The number of rotatable bonds is 1. The normalized spacial score (nSPS) is 14.4. The summed E-state index contributed by atoms with van der Waals surface area (Å²) in [7, 11) is 1.86. The van der Waals surface area contributed by atoms with E-state index in [-0.39, 0.29) is 0 Å². The molecule has 0 saturated heterocycles. The van der Waals surface area contributed by atoms with Gasteiger partial charge in [-0.15, -0.1) is 0 Å².